The zero-order chi connectivity index (χ0) is 14.3. The van der Waals surface area contributed by atoms with Crippen LogP contribution >= 0.6 is 15.9 Å². The molecule has 0 fully saturated rings. The van der Waals surface area contributed by atoms with E-state index in [1.165, 1.54) is 10.6 Å². The van der Waals surface area contributed by atoms with Crippen LogP contribution in [0.2, 0.25) is 0 Å². The fourth-order valence-corrected chi connectivity index (χ4v) is 2.57. The van der Waals surface area contributed by atoms with Gasteiger partial charge in [0.15, 0.2) is 0 Å². The maximum atomic E-state index is 12.0. The zero-order valence-corrected chi connectivity index (χ0v) is 12.5. The number of fused-ring (bicyclic) bond motifs is 1. The van der Waals surface area contributed by atoms with Gasteiger partial charge < -0.3 is 0 Å². The minimum atomic E-state index is -0.132. The summed E-state index contributed by atoms with van der Waals surface area (Å²) in [7, 11) is 0. The minimum Gasteiger partial charge on any atom is -0.269 e. The van der Waals surface area contributed by atoms with Crippen LogP contribution in [0.15, 0.2) is 52.0 Å². The summed E-state index contributed by atoms with van der Waals surface area (Å²) in [5.41, 5.74) is 4.20. The van der Waals surface area contributed by atoms with Gasteiger partial charge in [-0.05, 0) is 48.7 Å². The Morgan fingerprint density at radius 3 is 2.90 bits per heavy atom. The summed E-state index contributed by atoms with van der Waals surface area (Å²) in [4.78, 5) is 16.2. The van der Waals surface area contributed by atoms with Crippen LogP contribution in [-0.2, 0) is 0 Å². The number of nitrogens with zero attached hydrogens (tertiary/aromatic N) is 2. The van der Waals surface area contributed by atoms with Gasteiger partial charge in [0.1, 0.15) is 5.65 Å². The van der Waals surface area contributed by atoms with Crippen molar-refractivity contribution in [3.05, 3.63) is 75.6 Å². The molecule has 0 unspecified atom stereocenters. The Bertz CT molecular complexity index is 868. The summed E-state index contributed by atoms with van der Waals surface area (Å²) >= 11 is 3.54. The van der Waals surface area contributed by atoms with Crippen LogP contribution in [0.3, 0.4) is 0 Å². The third-order valence-corrected chi connectivity index (χ3v) is 4.22. The molecule has 3 aromatic rings. The third kappa shape index (κ3) is 2.06. The lowest BCUT2D eigenvalue weighted by atomic mass is 10.0. The standard InChI is InChI=1S/C16H12BrN2O/c1-10-9-18-15-8-12(6-7-19(15)16(10)20)13-4-3-5-14(17)11(13)2/h3-9H,1H2,2H3. The Hall–Kier alpha value is -1.94. The molecule has 0 amide bonds. The SMILES string of the molecule is [CH2]c1cnc2cc(-c3cccc(Br)c3C)ccn2c1=O. The largest absolute Gasteiger partial charge is 0.269 e. The van der Waals surface area contributed by atoms with Crippen LogP contribution < -0.4 is 5.56 Å². The highest BCUT2D eigenvalue weighted by molar-refractivity contribution is 9.10. The van der Waals surface area contributed by atoms with Gasteiger partial charge in [0.05, 0.1) is 0 Å². The molecule has 1 radical (unpaired) electrons. The molecule has 0 spiro atoms. The number of benzene rings is 1. The summed E-state index contributed by atoms with van der Waals surface area (Å²) < 4.78 is 2.58. The van der Waals surface area contributed by atoms with Gasteiger partial charge in [0, 0.05) is 22.4 Å². The first-order valence-electron chi connectivity index (χ1n) is 6.17. The average molecular weight is 328 g/mol. The molecule has 3 rings (SSSR count). The second-order valence-electron chi connectivity index (χ2n) is 4.64. The van der Waals surface area contributed by atoms with Crippen molar-refractivity contribution >= 4 is 21.6 Å². The van der Waals surface area contributed by atoms with Crippen LogP contribution in [0, 0.1) is 13.8 Å². The maximum Gasteiger partial charge on any atom is 0.261 e. The first-order valence-corrected chi connectivity index (χ1v) is 6.96. The van der Waals surface area contributed by atoms with Crippen molar-refractivity contribution < 1.29 is 0 Å². The highest BCUT2D eigenvalue weighted by Crippen LogP contribution is 2.28. The van der Waals surface area contributed by atoms with Crippen LogP contribution in [-0.4, -0.2) is 9.38 Å². The molecule has 0 N–H and O–H groups in total. The van der Waals surface area contributed by atoms with Gasteiger partial charge in [-0.15, -0.1) is 0 Å². The van der Waals surface area contributed by atoms with E-state index in [1.54, 1.807) is 6.20 Å². The number of rotatable bonds is 1. The summed E-state index contributed by atoms with van der Waals surface area (Å²) in [6.45, 7) is 5.73. The Balaban J connectivity index is 2.26. The molecular weight excluding hydrogens is 316 g/mol. The molecule has 0 aliphatic rings. The van der Waals surface area contributed by atoms with E-state index in [-0.39, 0.29) is 5.56 Å². The van der Waals surface area contributed by atoms with E-state index in [4.69, 9.17) is 0 Å². The molecule has 0 atom stereocenters. The maximum absolute atomic E-state index is 12.0. The van der Waals surface area contributed by atoms with Gasteiger partial charge in [-0.1, -0.05) is 28.1 Å². The second-order valence-corrected chi connectivity index (χ2v) is 5.50. The van der Waals surface area contributed by atoms with Gasteiger partial charge in [0.2, 0.25) is 0 Å². The predicted octanol–water partition coefficient (Wildman–Crippen LogP) is 3.61. The van der Waals surface area contributed by atoms with Crippen LogP contribution in [0.25, 0.3) is 16.8 Å². The van der Waals surface area contributed by atoms with E-state index in [0.29, 0.717) is 11.2 Å². The average Bonchev–Trinajstić information content (AvgIpc) is 2.46. The normalized spacial score (nSPS) is 10.9. The summed E-state index contributed by atoms with van der Waals surface area (Å²) in [5, 5.41) is 0. The number of hydrogen-bond donors (Lipinski definition) is 0. The molecule has 20 heavy (non-hydrogen) atoms. The Morgan fingerprint density at radius 2 is 2.10 bits per heavy atom. The zero-order valence-electron chi connectivity index (χ0n) is 10.9. The molecule has 3 nitrogen and oxygen atoms in total. The van der Waals surface area contributed by atoms with E-state index >= 15 is 0 Å². The van der Waals surface area contributed by atoms with Crippen molar-refractivity contribution in [2.75, 3.05) is 0 Å². The smallest absolute Gasteiger partial charge is 0.261 e. The monoisotopic (exact) mass is 327 g/mol. The van der Waals surface area contributed by atoms with Crippen molar-refractivity contribution in [1.82, 2.24) is 9.38 Å². The lowest BCUT2D eigenvalue weighted by Gasteiger charge is -2.09. The Kier molecular flexibility index (Phi) is 3.18. The molecule has 2 heterocycles. The van der Waals surface area contributed by atoms with Crippen molar-refractivity contribution in [3.8, 4) is 11.1 Å². The fourth-order valence-electron chi connectivity index (χ4n) is 2.20. The van der Waals surface area contributed by atoms with Gasteiger partial charge in [0.25, 0.3) is 5.56 Å². The van der Waals surface area contributed by atoms with Gasteiger partial charge in [-0.25, -0.2) is 4.98 Å². The van der Waals surface area contributed by atoms with E-state index < -0.39 is 0 Å². The fraction of sp³-hybridized carbons (Fsp3) is 0.0625. The number of aromatic nitrogens is 2. The number of pyridine rings is 1. The molecule has 0 saturated heterocycles. The summed E-state index contributed by atoms with van der Waals surface area (Å²) in [6.07, 6.45) is 3.25. The lowest BCUT2D eigenvalue weighted by molar-refractivity contribution is 1.03. The van der Waals surface area contributed by atoms with Crippen molar-refractivity contribution in [2.24, 2.45) is 0 Å². The lowest BCUT2D eigenvalue weighted by Crippen LogP contribution is -2.16. The van der Waals surface area contributed by atoms with E-state index in [9.17, 15) is 4.79 Å². The Morgan fingerprint density at radius 1 is 1.30 bits per heavy atom. The molecular formula is C16H12BrN2O. The highest BCUT2D eigenvalue weighted by atomic mass is 79.9. The van der Waals surface area contributed by atoms with Crippen molar-refractivity contribution in [1.29, 1.82) is 0 Å². The quantitative estimate of drug-likeness (QED) is 0.684. The highest BCUT2D eigenvalue weighted by Gasteiger charge is 2.07. The van der Waals surface area contributed by atoms with Crippen molar-refractivity contribution in [2.45, 2.75) is 6.92 Å². The van der Waals surface area contributed by atoms with Crippen molar-refractivity contribution in [3.63, 3.8) is 0 Å². The topological polar surface area (TPSA) is 34.4 Å². The molecule has 0 saturated carbocycles. The molecule has 0 aliphatic heterocycles. The van der Waals surface area contributed by atoms with Gasteiger partial charge in [-0.2, -0.15) is 0 Å². The number of halogens is 1. The number of hydrogen-bond acceptors (Lipinski definition) is 2. The summed E-state index contributed by atoms with van der Waals surface area (Å²) in [6, 6.07) is 9.90. The minimum absolute atomic E-state index is 0.132. The summed E-state index contributed by atoms with van der Waals surface area (Å²) in [5.74, 6) is 0. The molecule has 0 bridgehead atoms. The first kappa shape index (κ1) is 13.1. The molecule has 2 aromatic heterocycles. The van der Waals surface area contributed by atoms with Crippen LogP contribution in [0.1, 0.15) is 11.1 Å². The van der Waals surface area contributed by atoms with Gasteiger partial charge >= 0.3 is 0 Å². The van der Waals surface area contributed by atoms with E-state index in [2.05, 4.69) is 40.8 Å². The van der Waals surface area contributed by atoms with Gasteiger partial charge in [-0.3, -0.25) is 9.20 Å². The van der Waals surface area contributed by atoms with E-state index in [1.807, 2.05) is 24.3 Å². The Labute approximate surface area is 125 Å². The third-order valence-electron chi connectivity index (χ3n) is 3.36. The molecule has 99 valence electrons. The van der Waals surface area contributed by atoms with Crippen LogP contribution in [0.5, 0.6) is 0 Å². The van der Waals surface area contributed by atoms with Crippen LogP contribution in [0.4, 0.5) is 0 Å². The first-order chi connectivity index (χ1) is 9.58. The molecule has 0 aliphatic carbocycles. The predicted molar refractivity (Wildman–Crippen MR) is 83.8 cm³/mol. The van der Waals surface area contributed by atoms with E-state index in [0.717, 1.165) is 21.2 Å². The molecule has 1 aromatic carbocycles. The second kappa shape index (κ2) is 4.87. The molecule has 4 heteroatoms.